The number of carbonyl (C=O) groups is 2. The number of para-hydroxylation sites is 2. The maximum absolute atomic E-state index is 9.10. The summed E-state index contributed by atoms with van der Waals surface area (Å²) in [6, 6.07) is 27.0. The molecule has 1 atom stereocenters. The smallest absolute Gasteiger partial charge is 0.414 e. The lowest BCUT2D eigenvalue weighted by molar-refractivity contribution is -0.159. The second-order valence-corrected chi connectivity index (χ2v) is 8.10. The maximum atomic E-state index is 9.10. The van der Waals surface area contributed by atoms with Gasteiger partial charge in [0, 0.05) is 35.5 Å². The number of aryl methyl sites for hydroxylation is 1. The lowest BCUT2D eigenvalue weighted by atomic mass is 10.0. The SMILES string of the molecule is COc1ccccc1C(C)NCc1cn(-c2ccccc2)nc1-c1ccc(C)cc1.O=C(O)C(=O)O. The van der Waals surface area contributed by atoms with Crippen molar-refractivity contribution in [1.82, 2.24) is 15.1 Å². The molecule has 186 valence electrons. The predicted molar refractivity (Wildman–Crippen MR) is 137 cm³/mol. The van der Waals surface area contributed by atoms with Crippen LogP contribution >= 0.6 is 0 Å². The Morgan fingerprint density at radius 3 is 2.17 bits per heavy atom. The molecule has 1 heterocycles. The molecule has 8 heteroatoms. The summed E-state index contributed by atoms with van der Waals surface area (Å²) in [4.78, 5) is 18.2. The zero-order chi connectivity index (χ0) is 26.1. The van der Waals surface area contributed by atoms with E-state index in [1.54, 1.807) is 7.11 Å². The molecular weight excluding hydrogens is 458 g/mol. The number of nitrogens with one attached hydrogen (secondary N) is 1. The molecule has 8 nitrogen and oxygen atoms in total. The van der Waals surface area contributed by atoms with Crippen LogP contribution in [0.2, 0.25) is 0 Å². The van der Waals surface area contributed by atoms with Gasteiger partial charge in [-0.05, 0) is 32.0 Å². The average Bonchev–Trinajstić information content (AvgIpc) is 3.32. The van der Waals surface area contributed by atoms with Gasteiger partial charge in [0.05, 0.1) is 18.5 Å². The van der Waals surface area contributed by atoms with E-state index >= 15 is 0 Å². The third kappa shape index (κ3) is 6.80. The van der Waals surface area contributed by atoms with Gasteiger partial charge in [0.1, 0.15) is 5.75 Å². The van der Waals surface area contributed by atoms with Crippen LogP contribution in [0.15, 0.2) is 85.1 Å². The van der Waals surface area contributed by atoms with E-state index in [0.717, 1.165) is 33.8 Å². The van der Waals surface area contributed by atoms with Crippen LogP contribution in [0.25, 0.3) is 16.9 Å². The molecule has 0 saturated carbocycles. The Morgan fingerprint density at radius 2 is 1.56 bits per heavy atom. The molecule has 0 aliphatic heterocycles. The van der Waals surface area contributed by atoms with Crippen LogP contribution in [0, 0.1) is 6.92 Å². The van der Waals surface area contributed by atoms with E-state index in [1.165, 1.54) is 5.56 Å². The number of aromatic nitrogens is 2. The van der Waals surface area contributed by atoms with Gasteiger partial charge in [0.25, 0.3) is 0 Å². The van der Waals surface area contributed by atoms with Crippen molar-refractivity contribution >= 4 is 11.9 Å². The largest absolute Gasteiger partial charge is 0.496 e. The lowest BCUT2D eigenvalue weighted by Gasteiger charge is -2.17. The number of hydrogen-bond acceptors (Lipinski definition) is 5. The van der Waals surface area contributed by atoms with E-state index in [2.05, 4.69) is 67.8 Å². The summed E-state index contributed by atoms with van der Waals surface area (Å²) in [7, 11) is 1.71. The highest BCUT2D eigenvalue weighted by Crippen LogP contribution is 2.27. The monoisotopic (exact) mass is 487 g/mol. The minimum atomic E-state index is -1.82. The Hall–Kier alpha value is -4.43. The molecule has 4 aromatic rings. The number of nitrogens with zero attached hydrogens (tertiary/aromatic N) is 2. The number of carboxylic acids is 2. The molecule has 36 heavy (non-hydrogen) atoms. The number of benzene rings is 3. The van der Waals surface area contributed by atoms with Gasteiger partial charge in [-0.15, -0.1) is 0 Å². The lowest BCUT2D eigenvalue weighted by Crippen LogP contribution is -2.18. The zero-order valence-corrected chi connectivity index (χ0v) is 20.4. The first-order chi connectivity index (χ1) is 17.3. The van der Waals surface area contributed by atoms with Gasteiger partial charge in [-0.25, -0.2) is 14.3 Å². The van der Waals surface area contributed by atoms with Crippen LogP contribution in [0.5, 0.6) is 5.75 Å². The Morgan fingerprint density at radius 1 is 0.944 bits per heavy atom. The number of ether oxygens (including phenoxy) is 1. The van der Waals surface area contributed by atoms with Crippen molar-refractivity contribution in [2.75, 3.05) is 7.11 Å². The number of carboxylic acid groups (broad SMARTS) is 2. The normalized spacial score (nSPS) is 11.2. The van der Waals surface area contributed by atoms with Crippen molar-refractivity contribution in [3.63, 3.8) is 0 Å². The highest BCUT2D eigenvalue weighted by Gasteiger charge is 2.15. The van der Waals surface area contributed by atoms with Crippen molar-refractivity contribution in [2.24, 2.45) is 0 Å². The molecule has 3 aromatic carbocycles. The van der Waals surface area contributed by atoms with Gasteiger partial charge in [0.2, 0.25) is 0 Å². The van der Waals surface area contributed by atoms with Gasteiger partial charge < -0.3 is 20.3 Å². The molecule has 0 aliphatic rings. The summed E-state index contributed by atoms with van der Waals surface area (Å²) in [5.41, 5.74) is 6.72. The molecule has 1 unspecified atom stereocenters. The van der Waals surface area contributed by atoms with Crippen LogP contribution in [-0.4, -0.2) is 39.0 Å². The second-order valence-electron chi connectivity index (χ2n) is 8.10. The molecule has 0 radical (unpaired) electrons. The first-order valence-electron chi connectivity index (χ1n) is 11.3. The van der Waals surface area contributed by atoms with E-state index in [9.17, 15) is 0 Å². The summed E-state index contributed by atoms with van der Waals surface area (Å²) in [6.45, 7) is 4.96. The van der Waals surface area contributed by atoms with Gasteiger partial charge in [-0.2, -0.15) is 5.10 Å². The first kappa shape index (κ1) is 26.2. The van der Waals surface area contributed by atoms with Crippen molar-refractivity contribution in [2.45, 2.75) is 26.4 Å². The molecule has 0 bridgehead atoms. The highest BCUT2D eigenvalue weighted by atomic mass is 16.5. The minimum absolute atomic E-state index is 0.145. The van der Waals surface area contributed by atoms with E-state index in [-0.39, 0.29) is 6.04 Å². The Balaban J connectivity index is 0.000000538. The third-order valence-electron chi connectivity index (χ3n) is 5.52. The second kappa shape index (κ2) is 12.3. The summed E-state index contributed by atoms with van der Waals surface area (Å²) < 4.78 is 7.49. The van der Waals surface area contributed by atoms with Gasteiger partial charge in [0.15, 0.2) is 0 Å². The summed E-state index contributed by atoms with van der Waals surface area (Å²) >= 11 is 0. The van der Waals surface area contributed by atoms with Crippen molar-refractivity contribution in [3.05, 3.63) is 102 Å². The molecular formula is C28H29N3O5. The van der Waals surface area contributed by atoms with Gasteiger partial charge in [-0.1, -0.05) is 66.2 Å². The summed E-state index contributed by atoms with van der Waals surface area (Å²) in [5, 5.41) is 23.3. The van der Waals surface area contributed by atoms with Crippen molar-refractivity contribution in [1.29, 1.82) is 0 Å². The van der Waals surface area contributed by atoms with Crippen molar-refractivity contribution in [3.8, 4) is 22.7 Å². The molecule has 0 saturated heterocycles. The van der Waals surface area contributed by atoms with Crippen LogP contribution in [0.1, 0.15) is 29.7 Å². The number of aliphatic carboxylic acids is 2. The maximum Gasteiger partial charge on any atom is 0.414 e. The van der Waals surface area contributed by atoms with Gasteiger partial charge >= 0.3 is 11.9 Å². The van der Waals surface area contributed by atoms with E-state index < -0.39 is 11.9 Å². The number of methoxy groups -OCH3 is 1. The highest BCUT2D eigenvalue weighted by molar-refractivity contribution is 6.27. The summed E-state index contributed by atoms with van der Waals surface area (Å²) in [5.74, 6) is -2.75. The predicted octanol–water partition coefficient (Wildman–Crippen LogP) is 4.86. The zero-order valence-electron chi connectivity index (χ0n) is 20.4. The molecule has 0 fully saturated rings. The van der Waals surface area contributed by atoms with E-state index in [0.29, 0.717) is 6.54 Å². The minimum Gasteiger partial charge on any atom is -0.496 e. The molecule has 4 rings (SSSR count). The molecule has 0 spiro atoms. The fourth-order valence-corrected chi connectivity index (χ4v) is 3.60. The number of rotatable bonds is 7. The van der Waals surface area contributed by atoms with E-state index in [4.69, 9.17) is 29.6 Å². The third-order valence-corrected chi connectivity index (χ3v) is 5.52. The first-order valence-corrected chi connectivity index (χ1v) is 11.3. The van der Waals surface area contributed by atoms with Gasteiger partial charge in [-0.3, -0.25) is 0 Å². The molecule has 0 aliphatic carbocycles. The Kier molecular flexibility index (Phi) is 8.96. The van der Waals surface area contributed by atoms with Crippen LogP contribution in [0.3, 0.4) is 0 Å². The van der Waals surface area contributed by atoms with E-state index in [1.807, 2.05) is 41.1 Å². The Bertz CT molecular complexity index is 1290. The fraction of sp³-hybridized carbons (Fsp3) is 0.179. The molecule has 0 amide bonds. The quantitative estimate of drug-likeness (QED) is 0.319. The number of hydrogen-bond donors (Lipinski definition) is 3. The van der Waals surface area contributed by atoms with Crippen LogP contribution < -0.4 is 10.1 Å². The fourth-order valence-electron chi connectivity index (χ4n) is 3.60. The average molecular weight is 488 g/mol. The van der Waals surface area contributed by atoms with Crippen LogP contribution in [-0.2, 0) is 16.1 Å². The van der Waals surface area contributed by atoms with Crippen molar-refractivity contribution < 1.29 is 24.5 Å². The van der Waals surface area contributed by atoms with Crippen LogP contribution in [0.4, 0.5) is 0 Å². The topological polar surface area (TPSA) is 114 Å². The Labute approximate surface area is 209 Å². The standard InChI is InChI=1S/C26H27N3O.C2H2O4/c1-19-13-15-21(16-14-19)26-22(18-29(28-26)23-9-5-4-6-10-23)17-27-20(2)24-11-7-8-12-25(24)30-3;3-1(4)2(5)6/h4-16,18,20,27H,17H2,1-3H3;(H,3,4)(H,5,6). The molecule has 1 aromatic heterocycles. The molecule has 3 N–H and O–H groups in total. The summed E-state index contributed by atoms with van der Waals surface area (Å²) in [6.07, 6.45) is 2.12.